The van der Waals surface area contributed by atoms with E-state index >= 15 is 0 Å². The van der Waals surface area contributed by atoms with Crippen LogP contribution in [0.1, 0.15) is 50.1 Å². The highest BCUT2D eigenvalue weighted by atomic mass is 32.1. The molecular formula is C21H25N3O4S. The molecule has 29 heavy (non-hydrogen) atoms. The average Bonchev–Trinajstić information content (AvgIpc) is 3.38. The number of rotatable bonds is 5. The van der Waals surface area contributed by atoms with Crippen LogP contribution in [-0.2, 0) is 16.1 Å². The standard InChI is InChI=1S/C21H25N3O4S/c1-13-15(3-4-16-17(13)12-28-21(16)27)18(25)11-24-9-6-14(7-10-24)20(26)23(2)19-5-8-22-29-19/h3-5,8,14,18,25H,6-7,9-12H2,1-2H3/t18-/m0/s1/i2D3. The van der Waals surface area contributed by atoms with Gasteiger partial charge in [0.25, 0.3) is 0 Å². The van der Waals surface area contributed by atoms with E-state index in [9.17, 15) is 14.7 Å². The minimum absolute atomic E-state index is 0.230. The molecule has 1 saturated heterocycles. The van der Waals surface area contributed by atoms with Gasteiger partial charge in [0.1, 0.15) is 11.6 Å². The summed E-state index contributed by atoms with van der Waals surface area (Å²) in [6.07, 6.45) is 1.78. The fourth-order valence-corrected chi connectivity index (χ4v) is 4.57. The van der Waals surface area contributed by atoms with Gasteiger partial charge in [-0.2, -0.15) is 4.37 Å². The van der Waals surface area contributed by atoms with E-state index in [1.165, 1.54) is 12.3 Å². The SMILES string of the molecule is [2H]C([2H])([2H])N(C(=O)C1CCN(C[C@H](O)c2ccc3c(c2C)COC3=O)CC1)c1ccns1. The van der Waals surface area contributed by atoms with Gasteiger partial charge in [-0.15, -0.1) is 0 Å². The minimum atomic E-state index is -2.56. The lowest BCUT2D eigenvalue weighted by atomic mass is 9.93. The minimum Gasteiger partial charge on any atom is -0.457 e. The van der Waals surface area contributed by atoms with Crippen LogP contribution in [0, 0.1) is 12.8 Å². The zero-order chi connectivity index (χ0) is 23.0. The van der Waals surface area contributed by atoms with Crippen molar-refractivity contribution in [2.75, 3.05) is 31.5 Å². The molecular weight excluding hydrogens is 390 g/mol. The Morgan fingerprint density at radius 1 is 1.45 bits per heavy atom. The highest BCUT2D eigenvalue weighted by molar-refractivity contribution is 7.10. The Labute approximate surface area is 178 Å². The van der Waals surface area contributed by atoms with Gasteiger partial charge in [-0.05, 0) is 67.6 Å². The van der Waals surface area contributed by atoms with Crippen LogP contribution in [0.5, 0.6) is 0 Å². The molecule has 8 heteroatoms. The molecule has 2 aliphatic heterocycles. The van der Waals surface area contributed by atoms with E-state index in [-0.39, 0.29) is 12.6 Å². The summed E-state index contributed by atoms with van der Waals surface area (Å²) in [5.41, 5.74) is 3.00. The Bertz CT molecular complexity index is 1000. The first kappa shape index (κ1) is 16.5. The van der Waals surface area contributed by atoms with Crippen molar-refractivity contribution in [3.8, 4) is 0 Å². The lowest BCUT2D eigenvalue weighted by Gasteiger charge is -2.34. The molecule has 154 valence electrons. The summed E-state index contributed by atoms with van der Waals surface area (Å²) in [7, 11) is 0. The number of carbonyl (C=O) groups excluding carboxylic acids is 2. The molecule has 4 rings (SSSR count). The third-order valence-electron chi connectivity index (χ3n) is 5.80. The topological polar surface area (TPSA) is 83.0 Å². The molecule has 1 N–H and O–H groups in total. The maximum absolute atomic E-state index is 13.0. The van der Waals surface area contributed by atoms with E-state index in [2.05, 4.69) is 9.27 Å². The maximum atomic E-state index is 13.0. The van der Waals surface area contributed by atoms with Crippen molar-refractivity contribution in [1.82, 2.24) is 9.27 Å². The number of amides is 1. The molecule has 0 bridgehead atoms. The first-order chi connectivity index (χ1) is 15.2. The number of hydrogen-bond donors (Lipinski definition) is 1. The van der Waals surface area contributed by atoms with Gasteiger partial charge in [-0.25, -0.2) is 4.79 Å². The predicted molar refractivity (Wildman–Crippen MR) is 110 cm³/mol. The molecule has 0 saturated carbocycles. The van der Waals surface area contributed by atoms with E-state index in [4.69, 9.17) is 8.85 Å². The van der Waals surface area contributed by atoms with Crippen molar-refractivity contribution in [1.29, 1.82) is 0 Å². The molecule has 3 heterocycles. The van der Waals surface area contributed by atoms with Crippen LogP contribution in [0.15, 0.2) is 24.4 Å². The molecule has 1 fully saturated rings. The number of aliphatic hydroxyl groups excluding tert-OH is 1. The van der Waals surface area contributed by atoms with Crippen LogP contribution in [0.4, 0.5) is 5.00 Å². The van der Waals surface area contributed by atoms with Crippen molar-refractivity contribution in [3.05, 3.63) is 46.6 Å². The molecule has 0 unspecified atom stereocenters. The predicted octanol–water partition coefficient (Wildman–Crippen LogP) is 2.53. The zero-order valence-electron chi connectivity index (χ0n) is 19.1. The van der Waals surface area contributed by atoms with Crippen LogP contribution in [0.25, 0.3) is 0 Å². The number of nitrogens with zero attached hydrogens (tertiary/aromatic N) is 3. The third-order valence-corrected chi connectivity index (χ3v) is 6.53. The lowest BCUT2D eigenvalue weighted by Crippen LogP contribution is -2.42. The quantitative estimate of drug-likeness (QED) is 0.752. The number of β-amino-alcohol motifs (C(OH)–C–C–N with tert-alkyl or cyclic N) is 1. The Hall–Kier alpha value is -2.29. The fraction of sp³-hybridized carbons (Fsp3) is 0.476. The number of fused-ring (bicyclic) bond motifs is 1. The normalized spacial score (nSPS) is 20.3. The smallest absolute Gasteiger partial charge is 0.338 e. The molecule has 2 aromatic rings. The van der Waals surface area contributed by atoms with Gasteiger partial charge in [0.2, 0.25) is 5.91 Å². The number of ether oxygens (including phenoxy) is 1. The number of likely N-dealkylation sites (tertiary alicyclic amines) is 1. The van der Waals surface area contributed by atoms with Crippen LogP contribution in [-0.4, -0.2) is 52.9 Å². The molecule has 0 radical (unpaired) electrons. The first-order valence-corrected chi connectivity index (χ1v) is 10.4. The molecule has 7 nitrogen and oxygen atoms in total. The molecule has 1 aromatic carbocycles. The number of aliphatic hydroxyl groups is 1. The second kappa shape index (κ2) is 8.22. The second-order valence-electron chi connectivity index (χ2n) is 7.50. The number of piperidine rings is 1. The van der Waals surface area contributed by atoms with Gasteiger partial charge in [0.05, 0.1) is 11.7 Å². The van der Waals surface area contributed by atoms with E-state index < -0.39 is 24.9 Å². The summed E-state index contributed by atoms with van der Waals surface area (Å²) >= 11 is 0.988. The largest absolute Gasteiger partial charge is 0.457 e. The first-order valence-electron chi connectivity index (χ1n) is 11.1. The molecule has 2 aliphatic rings. The Morgan fingerprint density at radius 2 is 2.24 bits per heavy atom. The summed E-state index contributed by atoms with van der Waals surface area (Å²) in [5.74, 6) is -1.13. The van der Waals surface area contributed by atoms with Crippen LogP contribution in [0.3, 0.4) is 0 Å². The number of benzene rings is 1. The van der Waals surface area contributed by atoms with E-state index in [0.29, 0.717) is 43.0 Å². The number of carbonyl (C=O) groups is 2. The monoisotopic (exact) mass is 418 g/mol. The van der Waals surface area contributed by atoms with E-state index in [1.54, 1.807) is 12.1 Å². The highest BCUT2D eigenvalue weighted by Gasteiger charge is 2.30. The van der Waals surface area contributed by atoms with Crippen LogP contribution >= 0.6 is 11.5 Å². The van der Waals surface area contributed by atoms with Gasteiger partial charge in [0, 0.05) is 35.3 Å². The Kier molecular flexibility index (Phi) is 4.68. The Morgan fingerprint density at radius 3 is 2.93 bits per heavy atom. The van der Waals surface area contributed by atoms with Gasteiger partial charge in [-0.3, -0.25) is 4.79 Å². The molecule has 0 spiro atoms. The van der Waals surface area contributed by atoms with E-state index in [1.807, 2.05) is 6.92 Å². The lowest BCUT2D eigenvalue weighted by molar-refractivity contribution is -0.123. The van der Waals surface area contributed by atoms with E-state index in [0.717, 1.165) is 33.1 Å². The summed E-state index contributed by atoms with van der Waals surface area (Å²) in [5, 5.41) is 11.1. The van der Waals surface area contributed by atoms with Crippen molar-refractivity contribution in [2.45, 2.75) is 32.5 Å². The third kappa shape index (κ3) is 3.92. The fourth-order valence-electron chi connectivity index (χ4n) is 4.05. The summed E-state index contributed by atoms with van der Waals surface area (Å²) in [6, 6.07) is 5.01. The summed E-state index contributed by atoms with van der Waals surface area (Å²) in [4.78, 5) is 27.7. The van der Waals surface area contributed by atoms with Crippen LogP contribution in [0.2, 0.25) is 0 Å². The number of aromatic nitrogens is 1. The zero-order valence-corrected chi connectivity index (χ0v) is 16.9. The summed E-state index contributed by atoms with van der Waals surface area (Å²) < 4.78 is 32.3. The molecule has 1 amide bonds. The van der Waals surface area contributed by atoms with Crippen LogP contribution < -0.4 is 4.90 Å². The van der Waals surface area contributed by atoms with Crippen molar-refractivity contribution < 1.29 is 23.5 Å². The summed E-state index contributed by atoms with van der Waals surface area (Å²) in [6.45, 7) is 1.11. The van der Waals surface area contributed by atoms with Gasteiger partial charge in [0.15, 0.2) is 0 Å². The number of anilines is 1. The van der Waals surface area contributed by atoms with Crippen molar-refractivity contribution in [3.63, 3.8) is 0 Å². The highest BCUT2D eigenvalue weighted by Crippen LogP contribution is 2.30. The average molecular weight is 419 g/mol. The second-order valence-corrected chi connectivity index (χ2v) is 8.31. The molecule has 0 aliphatic carbocycles. The number of esters is 1. The Balaban J connectivity index is 1.38. The molecule has 1 aromatic heterocycles. The maximum Gasteiger partial charge on any atom is 0.338 e. The number of hydrogen-bond acceptors (Lipinski definition) is 7. The number of cyclic esters (lactones) is 1. The van der Waals surface area contributed by atoms with Gasteiger partial charge < -0.3 is 19.6 Å². The molecule has 1 atom stereocenters. The van der Waals surface area contributed by atoms with Gasteiger partial charge >= 0.3 is 5.97 Å². The van der Waals surface area contributed by atoms with Gasteiger partial charge in [-0.1, -0.05) is 6.07 Å². The van der Waals surface area contributed by atoms with Crippen molar-refractivity contribution >= 4 is 28.4 Å². The van der Waals surface area contributed by atoms with Crippen molar-refractivity contribution in [2.24, 2.45) is 5.92 Å².